The van der Waals surface area contributed by atoms with Gasteiger partial charge < -0.3 is 15.0 Å². The molecule has 2 heterocycles. The molecule has 1 saturated heterocycles. The number of piperazine rings is 1. The molecule has 0 radical (unpaired) electrons. The van der Waals surface area contributed by atoms with E-state index in [0.717, 1.165) is 11.1 Å². The van der Waals surface area contributed by atoms with Crippen LogP contribution in [0.25, 0.3) is 5.69 Å². The molecule has 0 bridgehead atoms. The van der Waals surface area contributed by atoms with Crippen molar-refractivity contribution in [3.8, 4) is 5.69 Å². The molecule has 1 aromatic heterocycles. The molecule has 1 N–H and O–H groups in total. The largest absolute Gasteiger partial charge is 0.465 e. The number of nitrogens with zero attached hydrogens (tertiary/aromatic N) is 4. The maximum absolute atomic E-state index is 13.0. The molecule has 0 aliphatic carbocycles. The molecule has 32 heavy (non-hydrogen) atoms. The van der Waals surface area contributed by atoms with E-state index in [2.05, 4.69) is 15.3 Å². The van der Waals surface area contributed by atoms with Crippen molar-refractivity contribution in [2.24, 2.45) is 0 Å². The molecule has 10 heteroatoms. The van der Waals surface area contributed by atoms with Crippen molar-refractivity contribution in [3.63, 3.8) is 0 Å². The zero-order valence-corrected chi connectivity index (χ0v) is 19.3. The summed E-state index contributed by atoms with van der Waals surface area (Å²) in [7, 11) is 1.28. The van der Waals surface area contributed by atoms with Crippen LogP contribution in [0.2, 0.25) is 5.02 Å². The topological polar surface area (TPSA) is 96.8 Å². The van der Waals surface area contributed by atoms with E-state index < -0.39 is 11.5 Å². The molecule has 3 rings (SSSR count). The zero-order valence-electron chi connectivity index (χ0n) is 18.5. The summed E-state index contributed by atoms with van der Waals surface area (Å²) < 4.78 is 5.90. The molecule has 1 aliphatic heterocycles. The van der Waals surface area contributed by atoms with Crippen molar-refractivity contribution in [1.82, 2.24) is 20.0 Å². The van der Waals surface area contributed by atoms with Crippen LogP contribution in [-0.2, 0) is 9.53 Å². The fraction of sp³-hybridized carbons (Fsp3) is 0.455. The highest BCUT2D eigenvalue weighted by Gasteiger charge is 2.24. The van der Waals surface area contributed by atoms with E-state index >= 15 is 0 Å². The third-order valence-electron chi connectivity index (χ3n) is 5.54. The van der Waals surface area contributed by atoms with Gasteiger partial charge in [-0.1, -0.05) is 30.7 Å². The van der Waals surface area contributed by atoms with Gasteiger partial charge in [0.1, 0.15) is 5.02 Å². The molecule has 9 nitrogen and oxygen atoms in total. The van der Waals surface area contributed by atoms with E-state index in [4.69, 9.17) is 16.3 Å². The summed E-state index contributed by atoms with van der Waals surface area (Å²) >= 11 is 6.43. The number of para-hydroxylation sites is 1. The number of benzene rings is 1. The van der Waals surface area contributed by atoms with Gasteiger partial charge in [-0.3, -0.25) is 14.5 Å². The monoisotopic (exact) mass is 461 g/mol. The molecule has 1 fully saturated rings. The average molecular weight is 462 g/mol. The molecule has 1 aliphatic rings. The van der Waals surface area contributed by atoms with Gasteiger partial charge in [0.15, 0.2) is 0 Å². The van der Waals surface area contributed by atoms with Crippen LogP contribution in [0.4, 0.5) is 5.69 Å². The van der Waals surface area contributed by atoms with Gasteiger partial charge in [-0.15, -0.1) is 0 Å². The standard InChI is InChI=1S/C22H28ClN5O4/c1-4-15(2)25-19(29)14-26-9-11-27(12-10-26)18-13-24-28(21(30)20(18)23)17-8-6-5-7-16(17)22(31)32-3/h5-8,13,15H,4,9-12,14H2,1-3H3,(H,25,29)/t15-/m0/s1. The Morgan fingerprint density at radius 2 is 1.88 bits per heavy atom. The van der Waals surface area contributed by atoms with Crippen LogP contribution < -0.4 is 15.8 Å². The minimum absolute atomic E-state index is 0.0133. The molecule has 1 aromatic carbocycles. The maximum atomic E-state index is 13.0. The number of anilines is 1. The molecule has 1 atom stereocenters. The van der Waals surface area contributed by atoms with Crippen molar-refractivity contribution in [2.45, 2.75) is 26.3 Å². The number of rotatable bonds is 7. The summed E-state index contributed by atoms with van der Waals surface area (Å²) in [5.74, 6) is -0.553. The molecule has 0 unspecified atom stereocenters. The number of methoxy groups -OCH3 is 1. The Labute approximate surface area is 191 Å². The van der Waals surface area contributed by atoms with Crippen LogP contribution in [0.5, 0.6) is 0 Å². The van der Waals surface area contributed by atoms with E-state index in [-0.39, 0.29) is 22.5 Å². The van der Waals surface area contributed by atoms with Gasteiger partial charge in [0.2, 0.25) is 5.91 Å². The first-order valence-electron chi connectivity index (χ1n) is 10.6. The normalized spacial score (nSPS) is 15.3. The fourth-order valence-electron chi connectivity index (χ4n) is 3.53. The first kappa shape index (κ1) is 23.7. The Bertz CT molecular complexity index is 1030. The second kappa shape index (κ2) is 10.6. The van der Waals surface area contributed by atoms with E-state index in [9.17, 15) is 14.4 Å². The van der Waals surface area contributed by atoms with Gasteiger partial charge in [0.05, 0.1) is 36.8 Å². The van der Waals surface area contributed by atoms with E-state index in [1.54, 1.807) is 24.3 Å². The predicted octanol–water partition coefficient (Wildman–Crippen LogP) is 1.71. The Morgan fingerprint density at radius 1 is 1.19 bits per heavy atom. The third-order valence-corrected chi connectivity index (χ3v) is 5.89. The second-order valence-electron chi connectivity index (χ2n) is 7.71. The smallest absolute Gasteiger partial charge is 0.340 e. The van der Waals surface area contributed by atoms with Gasteiger partial charge >= 0.3 is 5.97 Å². The minimum atomic E-state index is -0.567. The minimum Gasteiger partial charge on any atom is -0.465 e. The van der Waals surface area contributed by atoms with E-state index in [0.29, 0.717) is 44.1 Å². The average Bonchev–Trinajstić information content (AvgIpc) is 2.80. The van der Waals surface area contributed by atoms with Gasteiger partial charge in [-0.25, -0.2) is 4.79 Å². The lowest BCUT2D eigenvalue weighted by Crippen LogP contribution is -2.50. The number of carbonyl (C=O) groups excluding carboxylic acids is 2. The highest BCUT2D eigenvalue weighted by Crippen LogP contribution is 2.23. The second-order valence-corrected chi connectivity index (χ2v) is 8.09. The number of carbonyl (C=O) groups is 2. The van der Waals surface area contributed by atoms with E-state index in [1.165, 1.54) is 13.3 Å². The highest BCUT2D eigenvalue weighted by atomic mass is 35.5. The van der Waals surface area contributed by atoms with Crippen LogP contribution in [0.1, 0.15) is 30.6 Å². The number of hydrogen-bond acceptors (Lipinski definition) is 7. The van der Waals surface area contributed by atoms with Crippen LogP contribution in [0, 0.1) is 0 Å². The number of esters is 1. The molecule has 1 amide bonds. The van der Waals surface area contributed by atoms with Crippen LogP contribution in [-0.4, -0.2) is 72.4 Å². The lowest BCUT2D eigenvalue weighted by molar-refractivity contribution is -0.122. The van der Waals surface area contributed by atoms with Crippen molar-refractivity contribution >= 4 is 29.2 Å². The fourth-order valence-corrected chi connectivity index (χ4v) is 3.78. The van der Waals surface area contributed by atoms with Gasteiger partial charge in [-0.05, 0) is 25.5 Å². The van der Waals surface area contributed by atoms with Crippen molar-refractivity contribution in [3.05, 3.63) is 51.4 Å². The number of nitrogens with one attached hydrogen (secondary N) is 1. The highest BCUT2D eigenvalue weighted by molar-refractivity contribution is 6.33. The van der Waals surface area contributed by atoms with Crippen LogP contribution in [0.15, 0.2) is 35.3 Å². The number of halogens is 1. The van der Waals surface area contributed by atoms with Crippen molar-refractivity contribution in [2.75, 3.05) is 44.7 Å². The Morgan fingerprint density at radius 3 is 2.53 bits per heavy atom. The molecular weight excluding hydrogens is 434 g/mol. The van der Waals surface area contributed by atoms with Crippen LogP contribution in [0.3, 0.4) is 0 Å². The van der Waals surface area contributed by atoms with Crippen molar-refractivity contribution < 1.29 is 14.3 Å². The van der Waals surface area contributed by atoms with Crippen LogP contribution >= 0.6 is 11.6 Å². The number of ether oxygens (including phenoxy) is 1. The first-order chi connectivity index (χ1) is 15.3. The third kappa shape index (κ3) is 5.28. The number of hydrogen-bond donors (Lipinski definition) is 1. The first-order valence-corrected chi connectivity index (χ1v) is 11.0. The maximum Gasteiger partial charge on any atom is 0.340 e. The molecule has 172 valence electrons. The lowest BCUT2D eigenvalue weighted by Gasteiger charge is -2.36. The summed E-state index contributed by atoms with van der Waals surface area (Å²) in [5, 5.41) is 7.27. The van der Waals surface area contributed by atoms with Gasteiger partial charge in [0.25, 0.3) is 5.56 Å². The van der Waals surface area contributed by atoms with Gasteiger partial charge in [-0.2, -0.15) is 9.78 Å². The predicted molar refractivity (Wildman–Crippen MR) is 123 cm³/mol. The van der Waals surface area contributed by atoms with Crippen molar-refractivity contribution in [1.29, 1.82) is 0 Å². The summed E-state index contributed by atoms with van der Waals surface area (Å²) in [6, 6.07) is 6.71. The molecule has 2 aromatic rings. The summed E-state index contributed by atoms with van der Waals surface area (Å²) in [6.45, 7) is 6.91. The van der Waals surface area contributed by atoms with Gasteiger partial charge in [0, 0.05) is 32.2 Å². The summed E-state index contributed by atoms with van der Waals surface area (Å²) in [6.07, 6.45) is 2.42. The Balaban J connectivity index is 1.73. The summed E-state index contributed by atoms with van der Waals surface area (Å²) in [5.41, 5.74) is 0.538. The van der Waals surface area contributed by atoms with E-state index in [1.807, 2.05) is 18.7 Å². The number of aromatic nitrogens is 2. The summed E-state index contributed by atoms with van der Waals surface area (Å²) in [4.78, 5) is 41.2. The number of amides is 1. The zero-order chi connectivity index (χ0) is 23.3. The molecule has 0 saturated carbocycles. The molecule has 0 spiro atoms. The Kier molecular flexibility index (Phi) is 7.87. The molecular formula is C22H28ClN5O4. The Hall–Kier alpha value is -2.91. The quantitative estimate of drug-likeness (QED) is 0.627. The lowest BCUT2D eigenvalue weighted by atomic mass is 10.2. The SMILES string of the molecule is CC[C@H](C)NC(=O)CN1CCN(c2cnn(-c3ccccc3C(=O)OC)c(=O)c2Cl)CC1.